The largest absolute Gasteiger partial charge is 0.494 e. The molecule has 0 bridgehead atoms. The van der Waals surface area contributed by atoms with Crippen LogP contribution in [0.1, 0.15) is 51.4 Å². The summed E-state index contributed by atoms with van der Waals surface area (Å²) in [6.07, 6.45) is 2.89. The van der Waals surface area contributed by atoms with Crippen LogP contribution < -0.4 is 20.3 Å². The van der Waals surface area contributed by atoms with E-state index in [2.05, 4.69) is 5.10 Å². The Morgan fingerprint density at radius 2 is 1.80 bits per heavy atom. The molecule has 2 N–H and O–H groups in total. The van der Waals surface area contributed by atoms with Crippen LogP contribution in [0, 0.1) is 6.92 Å². The Morgan fingerprint density at radius 1 is 1.00 bits per heavy atom. The van der Waals surface area contributed by atoms with E-state index >= 15 is 0 Å². The van der Waals surface area contributed by atoms with E-state index in [0.29, 0.717) is 48.6 Å². The van der Waals surface area contributed by atoms with Gasteiger partial charge in [-0.25, -0.2) is 4.68 Å². The molecule has 2 aromatic carbocycles. The Balaban J connectivity index is 1.56. The molecule has 2 aliphatic heterocycles. The summed E-state index contributed by atoms with van der Waals surface area (Å²) in [7, 11) is 1.54. The van der Waals surface area contributed by atoms with Crippen LogP contribution in [0.2, 0.25) is 0 Å². The third kappa shape index (κ3) is 3.82. The monoisotopic (exact) mass is 473 g/mol. The van der Waals surface area contributed by atoms with Crippen LogP contribution in [0.3, 0.4) is 0 Å². The first-order valence-electron chi connectivity index (χ1n) is 11.7. The van der Waals surface area contributed by atoms with Crippen LogP contribution in [0.5, 0.6) is 5.75 Å². The van der Waals surface area contributed by atoms with Crippen molar-refractivity contribution in [3.8, 4) is 11.4 Å². The summed E-state index contributed by atoms with van der Waals surface area (Å²) in [6.45, 7) is 3.02. The average Bonchev–Trinajstić information content (AvgIpc) is 3.25. The number of nitrogens with zero attached hydrogens (tertiary/aromatic N) is 4. The number of piperidine rings is 1. The van der Waals surface area contributed by atoms with Gasteiger partial charge < -0.3 is 20.3 Å². The number of ether oxygens (including phenoxy) is 1. The van der Waals surface area contributed by atoms with Crippen molar-refractivity contribution in [2.45, 2.75) is 32.6 Å². The van der Waals surface area contributed by atoms with Crippen LogP contribution >= 0.6 is 0 Å². The van der Waals surface area contributed by atoms with Crippen molar-refractivity contribution in [1.29, 1.82) is 0 Å². The number of para-hydroxylation sites is 2. The van der Waals surface area contributed by atoms with Gasteiger partial charge in [0.1, 0.15) is 17.1 Å². The van der Waals surface area contributed by atoms with E-state index in [-0.39, 0.29) is 17.5 Å². The van der Waals surface area contributed by atoms with Crippen LogP contribution in [-0.2, 0) is 11.2 Å². The Bertz CT molecular complexity index is 1350. The standard InChI is InChI=1S/C26H27N5O4/c1-16-15-17(29-13-6-5-9-22(29)32)10-11-19(16)30-14-12-18-23(25(27)33)28-31(24(18)26(30)34)20-7-3-4-8-21(20)35-2/h3-4,7-8,10-11,15H,5-6,9,12-14H2,1-2H3,(H2,27,33). The Morgan fingerprint density at radius 3 is 2.51 bits per heavy atom. The van der Waals surface area contributed by atoms with E-state index in [1.54, 1.807) is 17.0 Å². The molecule has 1 aromatic heterocycles. The predicted molar refractivity (Wildman–Crippen MR) is 131 cm³/mol. The van der Waals surface area contributed by atoms with Gasteiger partial charge in [0.05, 0.1) is 7.11 Å². The summed E-state index contributed by atoms with van der Waals surface area (Å²) in [6, 6.07) is 12.9. The summed E-state index contributed by atoms with van der Waals surface area (Å²) in [5.74, 6) is -0.308. The van der Waals surface area contributed by atoms with Crippen molar-refractivity contribution in [3.63, 3.8) is 0 Å². The lowest BCUT2D eigenvalue weighted by Gasteiger charge is -2.31. The maximum atomic E-state index is 13.8. The molecule has 2 aliphatic rings. The number of benzene rings is 2. The van der Waals surface area contributed by atoms with Crippen molar-refractivity contribution >= 4 is 29.1 Å². The maximum Gasteiger partial charge on any atom is 0.277 e. The molecule has 1 saturated heterocycles. The number of anilines is 2. The Kier molecular flexibility index (Phi) is 5.76. The quantitative estimate of drug-likeness (QED) is 0.612. The zero-order valence-corrected chi connectivity index (χ0v) is 19.8. The zero-order chi connectivity index (χ0) is 24.7. The number of aromatic nitrogens is 2. The van der Waals surface area contributed by atoms with Gasteiger partial charge in [-0.2, -0.15) is 5.10 Å². The number of aryl methyl sites for hydroxylation is 1. The van der Waals surface area contributed by atoms with Crippen LogP contribution in [0.25, 0.3) is 5.69 Å². The molecule has 0 atom stereocenters. The van der Waals surface area contributed by atoms with Gasteiger partial charge in [-0.15, -0.1) is 0 Å². The number of methoxy groups -OCH3 is 1. The molecule has 1 fully saturated rings. The molecule has 35 heavy (non-hydrogen) atoms. The number of rotatable bonds is 5. The fourth-order valence-electron chi connectivity index (χ4n) is 4.96. The predicted octanol–water partition coefficient (Wildman–Crippen LogP) is 3.01. The Hall–Kier alpha value is -4.14. The fourth-order valence-corrected chi connectivity index (χ4v) is 4.96. The minimum atomic E-state index is -0.678. The number of carbonyl (C=O) groups excluding carboxylic acids is 3. The van der Waals surface area contributed by atoms with E-state index in [4.69, 9.17) is 10.5 Å². The third-order valence-corrected chi connectivity index (χ3v) is 6.67. The van der Waals surface area contributed by atoms with E-state index in [1.165, 1.54) is 11.8 Å². The summed E-state index contributed by atoms with van der Waals surface area (Å²) < 4.78 is 6.93. The van der Waals surface area contributed by atoms with Crippen LogP contribution in [0.4, 0.5) is 11.4 Å². The molecule has 0 spiro atoms. The fraction of sp³-hybridized carbons (Fsp3) is 0.308. The number of amides is 3. The molecule has 0 aliphatic carbocycles. The molecule has 0 radical (unpaired) electrons. The van der Waals surface area contributed by atoms with Gasteiger partial charge in [0.25, 0.3) is 11.8 Å². The lowest BCUT2D eigenvalue weighted by molar-refractivity contribution is -0.119. The van der Waals surface area contributed by atoms with E-state index in [0.717, 1.165) is 29.8 Å². The molecule has 3 heterocycles. The van der Waals surface area contributed by atoms with Gasteiger partial charge in [-0.05, 0) is 62.1 Å². The van der Waals surface area contributed by atoms with Gasteiger partial charge in [0, 0.05) is 36.4 Å². The van der Waals surface area contributed by atoms with E-state index < -0.39 is 5.91 Å². The number of carbonyl (C=O) groups is 3. The minimum absolute atomic E-state index is 0.0922. The number of hydrogen-bond acceptors (Lipinski definition) is 5. The number of primary amides is 1. The maximum absolute atomic E-state index is 13.8. The van der Waals surface area contributed by atoms with E-state index in [1.807, 2.05) is 42.2 Å². The summed E-state index contributed by atoms with van der Waals surface area (Å²) >= 11 is 0. The number of hydrogen-bond donors (Lipinski definition) is 1. The lowest BCUT2D eigenvalue weighted by atomic mass is 10.0. The second-order valence-electron chi connectivity index (χ2n) is 8.80. The van der Waals surface area contributed by atoms with Gasteiger partial charge in [-0.3, -0.25) is 14.4 Å². The molecule has 9 nitrogen and oxygen atoms in total. The Labute approximate surface area is 203 Å². The van der Waals surface area contributed by atoms with Gasteiger partial charge in [-0.1, -0.05) is 12.1 Å². The molecule has 0 saturated carbocycles. The third-order valence-electron chi connectivity index (χ3n) is 6.67. The van der Waals surface area contributed by atoms with Crippen molar-refractivity contribution in [3.05, 3.63) is 65.0 Å². The highest BCUT2D eigenvalue weighted by Crippen LogP contribution is 2.34. The van der Waals surface area contributed by atoms with Crippen molar-refractivity contribution in [2.75, 3.05) is 30.0 Å². The highest BCUT2D eigenvalue weighted by Gasteiger charge is 2.35. The van der Waals surface area contributed by atoms with Gasteiger partial charge in [0.15, 0.2) is 5.69 Å². The molecular weight excluding hydrogens is 446 g/mol. The number of fused-ring (bicyclic) bond motifs is 1. The molecule has 180 valence electrons. The first-order valence-corrected chi connectivity index (χ1v) is 11.7. The second kappa shape index (κ2) is 8.90. The summed E-state index contributed by atoms with van der Waals surface area (Å²) in [5.41, 5.74) is 9.57. The lowest BCUT2D eigenvalue weighted by Crippen LogP contribution is -2.39. The van der Waals surface area contributed by atoms with Crippen molar-refractivity contribution in [1.82, 2.24) is 9.78 Å². The van der Waals surface area contributed by atoms with Gasteiger partial charge in [0.2, 0.25) is 5.91 Å². The first kappa shape index (κ1) is 22.6. The topological polar surface area (TPSA) is 111 Å². The van der Waals surface area contributed by atoms with Gasteiger partial charge >= 0.3 is 0 Å². The van der Waals surface area contributed by atoms with Crippen molar-refractivity contribution in [2.24, 2.45) is 5.73 Å². The van der Waals surface area contributed by atoms with Crippen molar-refractivity contribution < 1.29 is 19.1 Å². The average molecular weight is 474 g/mol. The molecule has 3 aromatic rings. The smallest absolute Gasteiger partial charge is 0.277 e. The number of nitrogens with two attached hydrogens (primary N) is 1. The SMILES string of the molecule is COc1ccccc1-n1nc(C(N)=O)c2c1C(=O)N(c1ccc(N3CCCCC3=O)cc1C)CC2. The summed E-state index contributed by atoms with van der Waals surface area (Å²) in [4.78, 5) is 41.9. The molecule has 3 amide bonds. The minimum Gasteiger partial charge on any atom is -0.494 e. The molecular formula is C26H27N5O4. The van der Waals surface area contributed by atoms with E-state index in [9.17, 15) is 14.4 Å². The highest BCUT2D eigenvalue weighted by atomic mass is 16.5. The molecule has 9 heteroatoms. The first-order chi connectivity index (χ1) is 16.9. The second-order valence-corrected chi connectivity index (χ2v) is 8.80. The molecule has 5 rings (SSSR count). The normalized spacial score (nSPS) is 15.8. The van der Waals surface area contributed by atoms with Crippen LogP contribution in [0.15, 0.2) is 42.5 Å². The summed E-state index contributed by atoms with van der Waals surface area (Å²) in [5, 5.41) is 4.43. The molecule has 0 unspecified atom stereocenters. The highest BCUT2D eigenvalue weighted by molar-refractivity contribution is 6.10. The zero-order valence-electron chi connectivity index (χ0n) is 19.8. The van der Waals surface area contributed by atoms with Crippen LogP contribution in [-0.4, -0.2) is 47.7 Å².